The van der Waals surface area contributed by atoms with Crippen LogP contribution >= 0.6 is 23.2 Å². The van der Waals surface area contributed by atoms with Crippen LogP contribution in [0.25, 0.3) is 0 Å². The van der Waals surface area contributed by atoms with Gasteiger partial charge >= 0.3 is 0 Å². The predicted octanol–water partition coefficient (Wildman–Crippen LogP) is 5.49. The molecule has 0 atom stereocenters. The molecule has 0 aromatic heterocycles. The Morgan fingerprint density at radius 1 is 0.944 bits per heavy atom. The highest BCUT2D eigenvalue weighted by Crippen LogP contribution is 2.28. The summed E-state index contributed by atoms with van der Waals surface area (Å²) in [6.45, 7) is 4.14. The Morgan fingerprint density at radius 3 is 2.22 bits per heavy atom. The topological polar surface area (TPSA) is 9.23 Å². The molecule has 0 heterocycles. The smallest absolute Gasteiger partial charge is 0.128 e. The molecule has 0 N–H and O–H groups in total. The molecule has 0 unspecified atom stereocenters. The van der Waals surface area contributed by atoms with Crippen molar-refractivity contribution >= 4 is 23.2 Å². The van der Waals surface area contributed by atoms with E-state index in [2.05, 4.69) is 13.8 Å². The second kappa shape index (κ2) is 5.64. The maximum Gasteiger partial charge on any atom is 0.128 e. The summed E-state index contributed by atoms with van der Waals surface area (Å²) in [5.74, 6) is 1.94. The minimum Gasteiger partial charge on any atom is -0.457 e. The van der Waals surface area contributed by atoms with Gasteiger partial charge in [-0.2, -0.15) is 0 Å². The van der Waals surface area contributed by atoms with Gasteiger partial charge in [-0.15, -0.1) is 11.6 Å². The van der Waals surface area contributed by atoms with Crippen molar-refractivity contribution in [3.8, 4) is 11.5 Å². The van der Waals surface area contributed by atoms with Crippen LogP contribution in [0, 0.1) is 13.8 Å². The van der Waals surface area contributed by atoms with Crippen molar-refractivity contribution in [2.24, 2.45) is 0 Å². The molecular weight excluding hydrogens is 267 g/mol. The fourth-order valence-electron chi connectivity index (χ4n) is 1.61. The quantitative estimate of drug-likeness (QED) is 0.676. The predicted molar refractivity (Wildman–Crippen MR) is 77.0 cm³/mol. The SMILES string of the molecule is Cc1ccc(Oc2ccc(CCl)c(Cl)c2)cc1C. The van der Waals surface area contributed by atoms with E-state index in [0.717, 1.165) is 17.1 Å². The van der Waals surface area contributed by atoms with Gasteiger partial charge in [0.25, 0.3) is 0 Å². The lowest BCUT2D eigenvalue weighted by molar-refractivity contribution is 0.482. The Morgan fingerprint density at radius 2 is 1.61 bits per heavy atom. The lowest BCUT2D eigenvalue weighted by Gasteiger charge is -2.09. The van der Waals surface area contributed by atoms with Crippen LogP contribution in [0.1, 0.15) is 16.7 Å². The van der Waals surface area contributed by atoms with E-state index in [1.54, 1.807) is 6.07 Å². The van der Waals surface area contributed by atoms with Crippen molar-refractivity contribution in [3.63, 3.8) is 0 Å². The van der Waals surface area contributed by atoms with E-state index >= 15 is 0 Å². The van der Waals surface area contributed by atoms with Gasteiger partial charge in [-0.3, -0.25) is 0 Å². The number of hydrogen-bond donors (Lipinski definition) is 0. The lowest BCUT2D eigenvalue weighted by Crippen LogP contribution is -1.88. The number of benzene rings is 2. The van der Waals surface area contributed by atoms with Crippen LogP contribution in [0.3, 0.4) is 0 Å². The number of ether oxygens (including phenoxy) is 1. The maximum absolute atomic E-state index is 6.09. The summed E-state index contributed by atoms with van der Waals surface area (Å²) in [5.41, 5.74) is 3.36. The van der Waals surface area contributed by atoms with E-state index in [1.807, 2.05) is 30.3 Å². The molecular formula is C15H14Cl2O. The number of alkyl halides is 1. The third kappa shape index (κ3) is 2.98. The van der Waals surface area contributed by atoms with Crippen molar-refractivity contribution in [2.45, 2.75) is 19.7 Å². The van der Waals surface area contributed by atoms with Crippen LogP contribution in [0.15, 0.2) is 36.4 Å². The van der Waals surface area contributed by atoms with Crippen molar-refractivity contribution < 1.29 is 4.74 Å². The molecule has 2 rings (SSSR count). The molecule has 0 saturated heterocycles. The van der Waals surface area contributed by atoms with Gasteiger partial charge in [0.2, 0.25) is 0 Å². The number of rotatable bonds is 3. The van der Waals surface area contributed by atoms with E-state index in [1.165, 1.54) is 11.1 Å². The van der Waals surface area contributed by atoms with Gasteiger partial charge in [0.05, 0.1) is 0 Å². The summed E-state index contributed by atoms with van der Waals surface area (Å²) in [7, 11) is 0. The van der Waals surface area contributed by atoms with Gasteiger partial charge in [0, 0.05) is 10.9 Å². The highest BCUT2D eigenvalue weighted by molar-refractivity contribution is 6.32. The third-order valence-electron chi connectivity index (χ3n) is 2.88. The van der Waals surface area contributed by atoms with Crippen LogP contribution in [0.4, 0.5) is 0 Å². The molecule has 94 valence electrons. The molecule has 0 bridgehead atoms. The molecule has 2 aromatic rings. The van der Waals surface area contributed by atoms with E-state index < -0.39 is 0 Å². The largest absolute Gasteiger partial charge is 0.457 e. The van der Waals surface area contributed by atoms with Crippen LogP contribution < -0.4 is 4.74 Å². The number of aryl methyl sites for hydroxylation is 2. The monoisotopic (exact) mass is 280 g/mol. The zero-order valence-electron chi connectivity index (χ0n) is 10.3. The summed E-state index contributed by atoms with van der Waals surface area (Å²) in [6, 6.07) is 11.5. The Bertz CT molecular complexity index is 564. The number of hydrogen-bond acceptors (Lipinski definition) is 1. The van der Waals surface area contributed by atoms with E-state index in [0.29, 0.717) is 10.9 Å². The average Bonchev–Trinajstić information content (AvgIpc) is 2.34. The summed E-state index contributed by atoms with van der Waals surface area (Å²) in [4.78, 5) is 0. The van der Waals surface area contributed by atoms with Gasteiger partial charge in [-0.05, 0) is 54.8 Å². The molecule has 0 spiro atoms. The molecule has 0 amide bonds. The van der Waals surface area contributed by atoms with Crippen molar-refractivity contribution in [2.75, 3.05) is 0 Å². The van der Waals surface area contributed by atoms with Gasteiger partial charge in [-0.1, -0.05) is 23.7 Å². The van der Waals surface area contributed by atoms with Gasteiger partial charge < -0.3 is 4.74 Å². The van der Waals surface area contributed by atoms with Crippen LogP contribution in [-0.2, 0) is 5.88 Å². The Kier molecular flexibility index (Phi) is 4.15. The zero-order chi connectivity index (χ0) is 13.1. The molecule has 0 radical (unpaired) electrons. The number of halogens is 2. The molecule has 0 aliphatic carbocycles. The highest BCUT2D eigenvalue weighted by atomic mass is 35.5. The van der Waals surface area contributed by atoms with Crippen LogP contribution in [0.2, 0.25) is 5.02 Å². The Balaban J connectivity index is 2.23. The minimum atomic E-state index is 0.406. The van der Waals surface area contributed by atoms with E-state index in [-0.39, 0.29) is 0 Å². The molecule has 1 nitrogen and oxygen atoms in total. The molecule has 0 aliphatic rings. The summed E-state index contributed by atoms with van der Waals surface area (Å²) in [5, 5.41) is 0.631. The van der Waals surface area contributed by atoms with Crippen molar-refractivity contribution in [1.29, 1.82) is 0 Å². The van der Waals surface area contributed by atoms with E-state index in [4.69, 9.17) is 27.9 Å². The second-order valence-electron chi connectivity index (χ2n) is 4.23. The first-order chi connectivity index (χ1) is 8.60. The standard InChI is InChI=1S/C15H14Cl2O/c1-10-3-5-13(7-11(10)2)18-14-6-4-12(9-16)15(17)8-14/h3-8H,9H2,1-2H3. The molecule has 0 fully saturated rings. The normalized spacial score (nSPS) is 10.4. The molecule has 3 heteroatoms. The molecule has 0 saturated carbocycles. The molecule has 18 heavy (non-hydrogen) atoms. The van der Waals surface area contributed by atoms with Crippen LogP contribution in [0.5, 0.6) is 11.5 Å². The average molecular weight is 281 g/mol. The first-order valence-corrected chi connectivity index (χ1v) is 6.61. The fraction of sp³-hybridized carbons (Fsp3) is 0.200. The molecule has 0 aliphatic heterocycles. The first-order valence-electron chi connectivity index (χ1n) is 5.69. The second-order valence-corrected chi connectivity index (χ2v) is 4.91. The van der Waals surface area contributed by atoms with E-state index in [9.17, 15) is 0 Å². The maximum atomic E-state index is 6.09. The third-order valence-corrected chi connectivity index (χ3v) is 3.52. The van der Waals surface area contributed by atoms with Crippen molar-refractivity contribution in [1.82, 2.24) is 0 Å². The first kappa shape index (κ1) is 13.3. The summed E-state index contributed by atoms with van der Waals surface area (Å²) >= 11 is 11.8. The van der Waals surface area contributed by atoms with Gasteiger partial charge in [0.15, 0.2) is 0 Å². The Labute approximate surface area is 117 Å². The van der Waals surface area contributed by atoms with Crippen molar-refractivity contribution in [3.05, 3.63) is 58.1 Å². The van der Waals surface area contributed by atoms with Gasteiger partial charge in [0.1, 0.15) is 11.5 Å². The fourth-order valence-corrected chi connectivity index (χ4v) is 2.15. The van der Waals surface area contributed by atoms with Gasteiger partial charge in [-0.25, -0.2) is 0 Å². The lowest BCUT2D eigenvalue weighted by atomic mass is 10.1. The minimum absolute atomic E-state index is 0.406. The van der Waals surface area contributed by atoms with Crippen LogP contribution in [-0.4, -0.2) is 0 Å². The molecule has 2 aromatic carbocycles. The Hall–Kier alpha value is -1.18. The zero-order valence-corrected chi connectivity index (χ0v) is 11.8. The summed E-state index contributed by atoms with van der Waals surface area (Å²) < 4.78 is 5.77. The highest BCUT2D eigenvalue weighted by Gasteiger charge is 2.03. The summed E-state index contributed by atoms with van der Waals surface area (Å²) in [6.07, 6.45) is 0.